The molecule has 0 radical (unpaired) electrons. The number of sulfonamides is 1. The van der Waals surface area contributed by atoms with Crippen molar-refractivity contribution in [1.82, 2.24) is 0 Å². The Kier molecular flexibility index (Phi) is 4.26. The van der Waals surface area contributed by atoms with Crippen molar-refractivity contribution in [1.29, 1.82) is 0 Å². The average molecular weight is 292 g/mol. The molecule has 0 heterocycles. The summed E-state index contributed by atoms with van der Waals surface area (Å²) in [6.45, 7) is 0.262. The van der Waals surface area contributed by atoms with Crippen molar-refractivity contribution in [3.63, 3.8) is 0 Å². The molecule has 0 atom stereocenters. The molecule has 6 heteroatoms. The lowest BCUT2D eigenvalue weighted by Gasteiger charge is -2.12. The van der Waals surface area contributed by atoms with E-state index < -0.39 is 10.0 Å². The third-order valence-electron chi connectivity index (χ3n) is 2.78. The third kappa shape index (κ3) is 3.09. The number of rotatable bonds is 5. The summed E-state index contributed by atoms with van der Waals surface area (Å²) in [5.74, 6) is 0.283. The maximum atomic E-state index is 12.4. The Morgan fingerprint density at radius 3 is 2.45 bits per heavy atom. The summed E-state index contributed by atoms with van der Waals surface area (Å²) in [5, 5.41) is 0. The van der Waals surface area contributed by atoms with Crippen LogP contribution in [0.5, 0.6) is 5.75 Å². The lowest BCUT2D eigenvalue weighted by Crippen LogP contribution is -2.14. The van der Waals surface area contributed by atoms with Crippen LogP contribution in [0.15, 0.2) is 53.4 Å². The van der Waals surface area contributed by atoms with E-state index in [-0.39, 0.29) is 17.2 Å². The number of ether oxygens (including phenoxy) is 1. The largest absolute Gasteiger partial charge is 0.495 e. The van der Waals surface area contributed by atoms with Gasteiger partial charge in [-0.15, -0.1) is 0 Å². The minimum absolute atomic E-state index is 0.0757. The van der Waals surface area contributed by atoms with E-state index in [1.165, 1.54) is 13.2 Å². The molecular formula is C14H16N2O3S. The van der Waals surface area contributed by atoms with E-state index in [1.807, 2.05) is 6.07 Å². The van der Waals surface area contributed by atoms with Gasteiger partial charge in [0.2, 0.25) is 0 Å². The zero-order valence-corrected chi connectivity index (χ0v) is 11.9. The van der Waals surface area contributed by atoms with Gasteiger partial charge in [-0.1, -0.05) is 24.3 Å². The van der Waals surface area contributed by atoms with E-state index in [0.717, 1.165) is 5.56 Å². The highest BCUT2D eigenvalue weighted by Gasteiger charge is 2.20. The van der Waals surface area contributed by atoms with Crippen molar-refractivity contribution in [3.05, 3.63) is 54.1 Å². The van der Waals surface area contributed by atoms with Crippen molar-refractivity contribution < 1.29 is 13.2 Å². The molecule has 0 amide bonds. The molecular weight excluding hydrogens is 276 g/mol. The van der Waals surface area contributed by atoms with Crippen LogP contribution in [0.25, 0.3) is 0 Å². The molecule has 0 spiro atoms. The Morgan fingerprint density at radius 1 is 1.15 bits per heavy atom. The molecule has 0 aliphatic carbocycles. The summed E-state index contributed by atoms with van der Waals surface area (Å²) in [5.41, 5.74) is 6.76. The zero-order valence-electron chi connectivity index (χ0n) is 11.0. The summed E-state index contributed by atoms with van der Waals surface area (Å²) in [4.78, 5) is 0.0757. The fourth-order valence-electron chi connectivity index (χ4n) is 1.77. The second-order valence-corrected chi connectivity index (χ2v) is 5.81. The number of hydrogen-bond donors (Lipinski definition) is 2. The normalized spacial score (nSPS) is 11.1. The molecule has 0 aliphatic rings. The van der Waals surface area contributed by atoms with Crippen LogP contribution in [-0.4, -0.2) is 15.5 Å². The molecule has 0 fully saturated rings. The number of nitrogens with one attached hydrogen (secondary N) is 1. The van der Waals surface area contributed by atoms with Gasteiger partial charge in [0.15, 0.2) is 0 Å². The number of methoxy groups -OCH3 is 1. The van der Waals surface area contributed by atoms with Gasteiger partial charge < -0.3 is 10.5 Å². The van der Waals surface area contributed by atoms with Gasteiger partial charge in [0.05, 0.1) is 7.11 Å². The van der Waals surface area contributed by atoms with E-state index in [0.29, 0.717) is 5.69 Å². The minimum Gasteiger partial charge on any atom is -0.495 e. The zero-order chi connectivity index (χ0) is 14.6. The molecule has 0 saturated heterocycles. The standard InChI is InChI=1S/C14H16N2O3S/c1-19-13-8-7-11(10-15)9-14(13)20(17,18)16-12-5-3-2-4-6-12/h2-9,16H,10,15H2,1H3. The first-order valence-corrected chi connectivity index (χ1v) is 7.50. The van der Waals surface area contributed by atoms with Gasteiger partial charge in [-0.25, -0.2) is 8.42 Å². The fraction of sp³-hybridized carbons (Fsp3) is 0.143. The van der Waals surface area contributed by atoms with E-state index in [2.05, 4.69) is 4.72 Å². The van der Waals surface area contributed by atoms with E-state index in [1.54, 1.807) is 36.4 Å². The molecule has 0 aromatic heterocycles. The SMILES string of the molecule is COc1ccc(CN)cc1S(=O)(=O)Nc1ccccc1. The summed E-state index contributed by atoms with van der Waals surface area (Å²) < 4.78 is 32.5. The van der Waals surface area contributed by atoms with Gasteiger partial charge in [0.1, 0.15) is 10.6 Å². The fourth-order valence-corrected chi connectivity index (χ4v) is 3.05. The first kappa shape index (κ1) is 14.4. The van der Waals surface area contributed by atoms with Crippen LogP contribution < -0.4 is 15.2 Å². The highest BCUT2D eigenvalue weighted by atomic mass is 32.2. The molecule has 106 valence electrons. The number of benzene rings is 2. The second kappa shape index (κ2) is 5.94. The predicted octanol–water partition coefficient (Wildman–Crippen LogP) is 1.95. The lowest BCUT2D eigenvalue weighted by atomic mass is 10.2. The minimum atomic E-state index is -3.72. The van der Waals surface area contributed by atoms with Crippen LogP contribution in [0.4, 0.5) is 5.69 Å². The number of nitrogens with two attached hydrogens (primary N) is 1. The molecule has 2 aromatic carbocycles. The van der Waals surface area contributed by atoms with E-state index in [4.69, 9.17) is 10.5 Å². The monoisotopic (exact) mass is 292 g/mol. The summed E-state index contributed by atoms with van der Waals surface area (Å²) in [6, 6.07) is 13.5. The Labute approximate surface area is 118 Å². The quantitative estimate of drug-likeness (QED) is 0.882. The molecule has 3 N–H and O–H groups in total. The van der Waals surface area contributed by atoms with Gasteiger partial charge in [0.25, 0.3) is 10.0 Å². The van der Waals surface area contributed by atoms with Crippen LogP contribution in [0.3, 0.4) is 0 Å². The van der Waals surface area contributed by atoms with Crippen LogP contribution in [0.2, 0.25) is 0 Å². The molecule has 2 aromatic rings. The molecule has 2 rings (SSSR count). The molecule has 20 heavy (non-hydrogen) atoms. The van der Waals surface area contributed by atoms with E-state index in [9.17, 15) is 8.42 Å². The van der Waals surface area contributed by atoms with Crippen molar-refractivity contribution >= 4 is 15.7 Å². The summed E-state index contributed by atoms with van der Waals surface area (Å²) in [6.07, 6.45) is 0. The van der Waals surface area contributed by atoms with Crippen molar-refractivity contribution in [2.24, 2.45) is 5.73 Å². The Bertz CT molecular complexity index is 685. The topological polar surface area (TPSA) is 81.4 Å². The predicted molar refractivity (Wildman–Crippen MR) is 78.1 cm³/mol. The van der Waals surface area contributed by atoms with E-state index >= 15 is 0 Å². The Morgan fingerprint density at radius 2 is 1.85 bits per heavy atom. The molecule has 0 saturated carbocycles. The molecule has 0 unspecified atom stereocenters. The van der Waals surface area contributed by atoms with Crippen LogP contribution in [-0.2, 0) is 16.6 Å². The Balaban J connectivity index is 2.43. The molecule has 0 aliphatic heterocycles. The summed E-state index contributed by atoms with van der Waals surface area (Å²) in [7, 11) is -2.29. The highest BCUT2D eigenvalue weighted by Crippen LogP contribution is 2.26. The molecule has 0 bridgehead atoms. The number of hydrogen-bond acceptors (Lipinski definition) is 4. The number of anilines is 1. The smallest absolute Gasteiger partial charge is 0.265 e. The maximum absolute atomic E-state index is 12.4. The van der Waals surface area contributed by atoms with Gasteiger partial charge in [0, 0.05) is 12.2 Å². The second-order valence-electron chi connectivity index (χ2n) is 4.16. The maximum Gasteiger partial charge on any atom is 0.265 e. The van der Waals surface area contributed by atoms with Gasteiger partial charge in [-0.3, -0.25) is 4.72 Å². The van der Waals surface area contributed by atoms with Crippen molar-refractivity contribution in [3.8, 4) is 5.75 Å². The van der Waals surface area contributed by atoms with Crippen LogP contribution in [0, 0.1) is 0 Å². The highest BCUT2D eigenvalue weighted by molar-refractivity contribution is 7.92. The lowest BCUT2D eigenvalue weighted by molar-refractivity contribution is 0.402. The third-order valence-corrected chi connectivity index (χ3v) is 4.18. The first-order chi connectivity index (χ1) is 9.56. The average Bonchev–Trinajstić information content (AvgIpc) is 2.47. The molecule has 5 nitrogen and oxygen atoms in total. The van der Waals surface area contributed by atoms with Crippen LogP contribution >= 0.6 is 0 Å². The Hall–Kier alpha value is -2.05. The van der Waals surface area contributed by atoms with Gasteiger partial charge in [-0.05, 0) is 29.8 Å². The van der Waals surface area contributed by atoms with Crippen LogP contribution in [0.1, 0.15) is 5.56 Å². The van der Waals surface area contributed by atoms with Crippen molar-refractivity contribution in [2.75, 3.05) is 11.8 Å². The van der Waals surface area contributed by atoms with Gasteiger partial charge >= 0.3 is 0 Å². The summed E-state index contributed by atoms with van der Waals surface area (Å²) >= 11 is 0. The first-order valence-electron chi connectivity index (χ1n) is 6.01. The number of para-hydroxylation sites is 1. The van der Waals surface area contributed by atoms with Gasteiger partial charge in [-0.2, -0.15) is 0 Å². The van der Waals surface area contributed by atoms with Crippen molar-refractivity contribution in [2.45, 2.75) is 11.4 Å².